The van der Waals surface area contributed by atoms with Crippen molar-refractivity contribution in [3.63, 3.8) is 0 Å². The Morgan fingerprint density at radius 2 is 2.06 bits per heavy atom. The second-order valence-corrected chi connectivity index (χ2v) is 8.07. The van der Waals surface area contributed by atoms with Crippen molar-refractivity contribution in [2.45, 2.75) is 52.2 Å². The third-order valence-corrected chi connectivity index (χ3v) is 5.62. The van der Waals surface area contributed by atoms with Gasteiger partial charge in [0.1, 0.15) is 12.4 Å². The van der Waals surface area contributed by atoms with Crippen molar-refractivity contribution in [2.75, 3.05) is 32.8 Å². The molecule has 0 bridgehead atoms. The third-order valence-electron chi connectivity index (χ3n) is 5.62. The highest BCUT2D eigenvalue weighted by molar-refractivity contribution is 14.0. The van der Waals surface area contributed by atoms with Crippen molar-refractivity contribution in [1.29, 1.82) is 0 Å². The normalized spacial score (nSPS) is 17.1. The number of nitrogens with zero attached hydrogens (tertiary/aromatic N) is 5. The molecule has 1 aliphatic rings. The number of aryl methyl sites for hydroxylation is 1. The lowest BCUT2D eigenvalue weighted by atomic mass is 10.0. The number of ether oxygens (including phenoxy) is 1. The third kappa shape index (κ3) is 8.67. The molecule has 2 aromatic rings. The molecule has 2 N–H and O–H groups in total. The van der Waals surface area contributed by atoms with Gasteiger partial charge in [0, 0.05) is 45.9 Å². The van der Waals surface area contributed by atoms with Crippen LogP contribution in [0.2, 0.25) is 0 Å². The van der Waals surface area contributed by atoms with Crippen LogP contribution in [0.4, 0.5) is 0 Å². The molecule has 0 radical (unpaired) electrons. The predicted octanol–water partition coefficient (Wildman–Crippen LogP) is 2.87. The molecule has 1 aromatic carbocycles. The predicted molar refractivity (Wildman–Crippen MR) is 139 cm³/mol. The summed E-state index contributed by atoms with van der Waals surface area (Å²) in [6, 6.07) is 11.1. The number of piperidine rings is 1. The Hall–Kier alpha value is -1.72. The number of rotatable bonds is 10. The van der Waals surface area contributed by atoms with Crippen LogP contribution in [-0.4, -0.2) is 64.5 Å². The molecule has 1 atom stereocenters. The molecule has 3 rings (SSSR count). The van der Waals surface area contributed by atoms with Gasteiger partial charge in [-0.1, -0.05) is 30.3 Å². The minimum absolute atomic E-state index is 0. The van der Waals surface area contributed by atoms with E-state index in [2.05, 4.69) is 56.1 Å². The fourth-order valence-electron chi connectivity index (χ4n) is 3.77. The van der Waals surface area contributed by atoms with Crippen LogP contribution < -0.4 is 10.6 Å². The van der Waals surface area contributed by atoms with E-state index in [0.29, 0.717) is 12.6 Å². The maximum atomic E-state index is 5.46. The number of guanidine groups is 1. The van der Waals surface area contributed by atoms with Gasteiger partial charge in [0.25, 0.3) is 0 Å². The topological polar surface area (TPSA) is 79.6 Å². The summed E-state index contributed by atoms with van der Waals surface area (Å²) >= 11 is 0. The number of likely N-dealkylation sites (tertiary alicyclic amines) is 1. The minimum atomic E-state index is 0. The van der Waals surface area contributed by atoms with E-state index in [-0.39, 0.29) is 24.0 Å². The summed E-state index contributed by atoms with van der Waals surface area (Å²) in [5.41, 5.74) is 1.36. The van der Waals surface area contributed by atoms with E-state index >= 15 is 0 Å². The highest BCUT2D eigenvalue weighted by Crippen LogP contribution is 2.14. The maximum Gasteiger partial charge on any atom is 0.191 e. The van der Waals surface area contributed by atoms with Crippen LogP contribution in [0, 0.1) is 6.92 Å². The van der Waals surface area contributed by atoms with E-state index in [1.54, 1.807) is 0 Å². The monoisotopic (exact) mass is 555 g/mol. The van der Waals surface area contributed by atoms with Crippen LogP contribution in [-0.2, 0) is 24.9 Å². The Labute approximate surface area is 209 Å². The Kier molecular flexibility index (Phi) is 12.0. The largest absolute Gasteiger partial charge is 0.382 e. The van der Waals surface area contributed by atoms with E-state index in [0.717, 1.165) is 69.8 Å². The van der Waals surface area contributed by atoms with E-state index in [9.17, 15) is 0 Å². The van der Waals surface area contributed by atoms with Crippen molar-refractivity contribution < 1.29 is 4.74 Å². The van der Waals surface area contributed by atoms with Crippen molar-refractivity contribution >= 4 is 29.9 Å². The van der Waals surface area contributed by atoms with Gasteiger partial charge in [0.2, 0.25) is 0 Å². The van der Waals surface area contributed by atoms with Crippen molar-refractivity contribution in [3.05, 3.63) is 47.5 Å². The summed E-state index contributed by atoms with van der Waals surface area (Å²) in [5.74, 6) is 2.60. The van der Waals surface area contributed by atoms with Crippen LogP contribution in [0.15, 0.2) is 35.3 Å². The zero-order valence-electron chi connectivity index (χ0n) is 19.6. The molecule has 2 heterocycles. The van der Waals surface area contributed by atoms with Crippen LogP contribution >= 0.6 is 24.0 Å². The SMILES string of the molecule is CCOCCCNC(=NCc1nnc(C)n1C)NC1CCCN(Cc2ccccc2)C1.I. The summed E-state index contributed by atoms with van der Waals surface area (Å²) in [4.78, 5) is 7.32. The van der Waals surface area contributed by atoms with Gasteiger partial charge in [-0.3, -0.25) is 4.90 Å². The number of benzene rings is 1. The number of halogens is 1. The molecule has 1 unspecified atom stereocenters. The first-order valence-corrected chi connectivity index (χ1v) is 11.4. The molecule has 9 heteroatoms. The van der Waals surface area contributed by atoms with Crippen LogP contribution in [0.1, 0.15) is 43.4 Å². The van der Waals surface area contributed by atoms with E-state index in [4.69, 9.17) is 9.73 Å². The minimum Gasteiger partial charge on any atom is -0.382 e. The number of nitrogens with one attached hydrogen (secondary N) is 2. The molecule has 32 heavy (non-hydrogen) atoms. The number of hydrogen-bond acceptors (Lipinski definition) is 5. The van der Waals surface area contributed by atoms with Gasteiger partial charge >= 0.3 is 0 Å². The van der Waals surface area contributed by atoms with Gasteiger partial charge in [0.05, 0.1) is 0 Å². The van der Waals surface area contributed by atoms with Crippen LogP contribution in [0.3, 0.4) is 0 Å². The van der Waals surface area contributed by atoms with Crippen LogP contribution in [0.5, 0.6) is 0 Å². The first kappa shape index (κ1) is 26.5. The van der Waals surface area contributed by atoms with Gasteiger partial charge in [-0.25, -0.2) is 4.99 Å². The summed E-state index contributed by atoms with van der Waals surface area (Å²) in [6.45, 7) is 9.95. The van der Waals surface area contributed by atoms with Gasteiger partial charge in [0.15, 0.2) is 11.8 Å². The van der Waals surface area contributed by atoms with Gasteiger partial charge in [-0.05, 0) is 45.2 Å². The zero-order chi connectivity index (χ0) is 21.9. The zero-order valence-corrected chi connectivity index (χ0v) is 21.9. The fraction of sp³-hybridized carbons (Fsp3) is 0.609. The first-order valence-electron chi connectivity index (χ1n) is 11.4. The summed E-state index contributed by atoms with van der Waals surface area (Å²) in [6.07, 6.45) is 3.28. The maximum absolute atomic E-state index is 5.46. The second-order valence-electron chi connectivity index (χ2n) is 8.07. The highest BCUT2D eigenvalue weighted by Gasteiger charge is 2.21. The quantitative estimate of drug-likeness (QED) is 0.203. The van der Waals surface area contributed by atoms with Gasteiger partial charge in [-0.15, -0.1) is 34.2 Å². The van der Waals surface area contributed by atoms with Gasteiger partial charge in [-0.2, -0.15) is 0 Å². The summed E-state index contributed by atoms with van der Waals surface area (Å²) in [7, 11) is 1.98. The number of hydrogen-bond donors (Lipinski definition) is 2. The lowest BCUT2D eigenvalue weighted by molar-refractivity contribution is 0.145. The van der Waals surface area contributed by atoms with Gasteiger partial charge < -0.3 is 19.9 Å². The van der Waals surface area contributed by atoms with E-state index in [1.165, 1.54) is 12.0 Å². The lowest BCUT2D eigenvalue weighted by Gasteiger charge is -2.34. The van der Waals surface area contributed by atoms with E-state index in [1.807, 2.05) is 25.5 Å². The van der Waals surface area contributed by atoms with Crippen molar-refractivity contribution in [1.82, 2.24) is 30.3 Å². The molecule has 178 valence electrons. The molecule has 1 saturated heterocycles. The van der Waals surface area contributed by atoms with Crippen LogP contribution in [0.25, 0.3) is 0 Å². The molecule has 0 saturated carbocycles. The molecule has 1 fully saturated rings. The first-order chi connectivity index (χ1) is 15.2. The highest BCUT2D eigenvalue weighted by atomic mass is 127. The average molecular weight is 556 g/mol. The fourth-order valence-corrected chi connectivity index (χ4v) is 3.77. The lowest BCUT2D eigenvalue weighted by Crippen LogP contribution is -2.51. The Morgan fingerprint density at radius 1 is 1.25 bits per heavy atom. The molecule has 1 aromatic heterocycles. The standard InChI is InChI=1S/C23H37N7O.HI/c1-4-31-15-9-13-24-23(25-16-22-28-27-19(2)29(22)3)26-21-12-8-14-30(18-21)17-20-10-6-5-7-11-20;/h5-7,10-11,21H,4,8-9,12-18H2,1-3H3,(H2,24,25,26);1H. The molecular weight excluding hydrogens is 517 g/mol. The smallest absolute Gasteiger partial charge is 0.191 e. The van der Waals surface area contributed by atoms with E-state index < -0.39 is 0 Å². The molecule has 0 spiro atoms. The molecule has 8 nitrogen and oxygen atoms in total. The molecule has 0 aliphatic carbocycles. The Bertz CT molecular complexity index is 812. The Balaban J connectivity index is 0.00000363. The van der Waals surface area contributed by atoms with Crippen molar-refractivity contribution in [2.24, 2.45) is 12.0 Å². The summed E-state index contributed by atoms with van der Waals surface area (Å²) in [5, 5.41) is 15.5. The van der Waals surface area contributed by atoms with Crippen molar-refractivity contribution in [3.8, 4) is 0 Å². The number of aromatic nitrogens is 3. The second kappa shape index (κ2) is 14.4. The number of aliphatic imine (C=N–C) groups is 1. The summed E-state index contributed by atoms with van der Waals surface area (Å²) < 4.78 is 7.44. The molecule has 1 aliphatic heterocycles. The molecule has 0 amide bonds. The average Bonchev–Trinajstić information content (AvgIpc) is 3.10. The Morgan fingerprint density at radius 3 is 2.78 bits per heavy atom. The molecular formula is C23H38IN7O.